The number of aryl methyl sites for hydroxylation is 2. The maximum atomic E-state index is 13.0. The number of hydrogen-bond acceptors (Lipinski definition) is 8. The molecule has 1 amide bonds. The van der Waals surface area contributed by atoms with Gasteiger partial charge in [0.25, 0.3) is 11.6 Å². The average molecular weight is 467 g/mol. The molecule has 32 heavy (non-hydrogen) atoms. The largest absolute Gasteiger partial charge is 0.338 e. The minimum Gasteiger partial charge on any atom is -0.338 e. The Hall–Kier alpha value is -3.57. The molecule has 1 atom stereocenters. The summed E-state index contributed by atoms with van der Waals surface area (Å²) in [6, 6.07) is 13.1. The average Bonchev–Trinajstić information content (AvgIpc) is 3.40. The van der Waals surface area contributed by atoms with Crippen molar-refractivity contribution in [1.82, 2.24) is 25.5 Å². The first kappa shape index (κ1) is 21.7. The van der Waals surface area contributed by atoms with Crippen molar-refractivity contribution in [3.63, 3.8) is 0 Å². The third-order valence-corrected chi connectivity index (χ3v) is 6.62. The molecule has 0 saturated carbocycles. The zero-order valence-electron chi connectivity index (χ0n) is 17.1. The fraction of sp³-hybridized carbons (Fsp3) is 0.143. The van der Waals surface area contributed by atoms with Gasteiger partial charge >= 0.3 is 0 Å². The molecule has 4 aromatic rings. The van der Waals surface area contributed by atoms with E-state index in [4.69, 9.17) is 0 Å². The van der Waals surface area contributed by atoms with E-state index in [2.05, 4.69) is 25.5 Å². The lowest BCUT2D eigenvalue weighted by Crippen LogP contribution is -2.30. The quantitative estimate of drug-likeness (QED) is 0.304. The number of benzene rings is 2. The second-order valence-electron chi connectivity index (χ2n) is 6.89. The molecule has 0 radical (unpaired) electrons. The molecule has 0 spiro atoms. The summed E-state index contributed by atoms with van der Waals surface area (Å²) in [7, 11) is 0. The first-order valence-electron chi connectivity index (χ1n) is 9.54. The Morgan fingerprint density at radius 1 is 1.19 bits per heavy atom. The molecule has 9 nitrogen and oxygen atoms in total. The van der Waals surface area contributed by atoms with Gasteiger partial charge in [-0.15, -0.1) is 11.3 Å². The second kappa shape index (κ2) is 9.28. The van der Waals surface area contributed by atoms with Gasteiger partial charge in [-0.3, -0.25) is 20.0 Å². The molecule has 2 aromatic carbocycles. The highest BCUT2D eigenvalue weighted by molar-refractivity contribution is 8.01. The van der Waals surface area contributed by atoms with Gasteiger partial charge < -0.3 is 5.32 Å². The summed E-state index contributed by atoms with van der Waals surface area (Å²) in [6.45, 7) is 3.63. The zero-order valence-corrected chi connectivity index (χ0v) is 18.7. The van der Waals surface area contributed by atoms with Gasteiger partial charge in [0.15, 0.2) is 10.2 Å². The van der Waals surface area contributed by atoms with Crippen molar-refractivity contribution in [3.05, 3.63) is 92.5 Å². The molecule has 2 aromatic heterocycles. The van der Waals surface area contributed by atoms with E-state index in [0.29, 0.717) is 20.9 Å². The Balaban J connectivity index is 1.62. The number of hydrogen-bond donors (Lipinski definition) is 2. The topological polar surface area (TPSA) is 127 Å². The number of H-pyrrole nitrogens is 1. The summed E-state index contributed by atoms with van der Waals surface area (Å²) in [5.74, 6) is 0.554. The van der Waals surface area contributed by atoms with Crippen molar-refractivity contribution in [3.8, 4) is 0 Å². The Kier molecular flexibility index (Phi) is 6.28. The first-order chi connectivity index (χ1) is 15.4. The molecule has 0 aliphatic rings. The van der Waals surface area contributed by atoms with Crippen LogP contribution in [0.5, 0.6) is 0 Å². The van der Waals surface area contributed by atoms with E-state index in [0.717, 1.165) is 11.3 Å². The molecule has 0 fully saturated rings. The third kappa shape index (κ3) is 4.84. The number of nitrogens with one attached hydrogen (secondary N) is 2. The number of nitro groups is 1. The maximum Gasteiger partial charge on any atom is 0.284 e. The van der Waals surface area contributed by atoms with Crippen molar-refractivity contribution in [1.29, 1.82) is 0 Å². The molecule has 2 N–H and O–H groups in total. The van der Waals surface area contributed by atoms with E-state index < -0.39 is 16.9 Å². The second-order valence-corrected chi connectivity index (χ2v) is 9.04. The molecule has 0 aliphatic heterocycles. The lowest BCUT2D eigenvalue weighted by Gasteiger charge is -2.16. The van der Waals surface area contributed by atoms with E-state index in [1.54, 1.807) is 19.1 Å². The Morgan fingerprint density at radius 2 is 1.97 bits per heavy atom. The molecule has 0 bridgehead atoms. The Morgan fingerprint density at radius 3 is 2.59 bits per heavy atom. The predicted molar refractivity (Wildman–Crippen MR) is 121 cm³/mol. The van der Waals surface area contributed by atoms with Crippen LogP contribution in [0.25, 0.3) is 0 Å². The number of amides is 1. The summed E-state index contributed by atoms with van der Waals surface area (Å²) < 4.78 is 0.701. The highest BCUT2D eigenvalue weighted by Gasteiger charge is 2.24. The molecule has 4 rings (SSSR count). The fourth-order valence-corrected chi connectivity index (χ4v) is 4.89. The van der Waals surface area contributed by atoms with Gasteiger partial charge in [-0.25, -0.2) is 9.97 Å². The lowest BCUT2D eigenvalue weighted by molar-refractivity contribution is -0.387. The summed E-state index contributed by atoms with van der Waals surface area (Å²) in [5.41, 5.74) is 1.66. The standard InChI is InChI=1S/C21H18N6O3S2/c1-12-11-31-21(22-12)32-17-9-8-15(10-16(17)27(29)30)20(28)24-18(14-6-4-3-5-7-14)19-23-13(2)25-26-19/h3-11,18H,1-2H3,(H,24,28)(H,23,25,26). The summed E-state index contributed by atoms with van der Waals surface area (Å²) in [6.07, 6.45) is 0. The van der Waals surface area contributed by atoms with Crippen LogP contribution in [0.4, 0.5) is 5.69 Å². The minimum atomic E-state index is -0.611. The van der Waals surface area contributed by atoms with Crippen LogP contribution in [0.3, 0.4) is 0 Å². The van der Waals surface area contributed by atoms with Gasteiger partial charge in [0.05, 0.1) is 9.82 Å². The van der Waals surface area contributed by atoms with E-state index >= 15 is 0 Å². The number of thiazole rings is 1. The van der Waals surface area contributed by atoms with Gasteiger partial charge in [0, 0.05) is 22.7 Å². The maximum absolute atomic E-state index is 13.0. The number of aromatic nitrogens is 4. The Bertz CT molecular complexity index is 1270. The molecule has 0 aliphatic carbocycles. The van der Waals surface area contributed by atoms with E-state index in [-0.39, 0.29) is 11.3 Å². The van der Waals surface area contributed by atoms with Crippen molar-refractivity contribution < 1.29 is 9.72 Å². The van der Waals surface area contributed by atoms with Gasteiger partial charge in [-0.1, -0.05) is 42.1 Å². The van der Waals surface area contributed by atoms with Crippen LogP contribution in [0.1, 0.15) is 39.3 Å². The molecular weight excluding hydrogens is 448 g/mol. The van der Waals surface area contributed by atoms with Crippen LogP contribution in [0.15, 0.2) is 63.1 Å². The smallest absolute Gasteiger partial charge is 0.284 e. The first-order valence-corrected chi connectivity index (χ1v) is 11.2. The summed E-state index contributed by atoms with van der Waals surface area (Å²) >= 11 is 2.62. The summed E-state index contributed by atoms with van der Waals surface area (Å²) in [5, 5.41) is 23.4. The molecular formula is C21H18N6O3S2. The zero-order chi connectivity index (χ0) is 22.7. The minimum absolute atomic E-state index is 0.152. The van der Waals surface area contributed by atoms with Gasteiger partial charge in [-0.05, 0) is 31.5 Å². The van der Waals surface area contributed by atoms with Crippen LogP contribution in [0, 0.1) is 24.0 Å². The van der Waals surface area contributed by atoms with Crippen LogP contribution in [-0.4, -0.2) is 31.0 Å². The van der Waals surface area contributed by atoms with E-state index in [1.807, 2.05) is 42.6 Å². The van der Waals surface area contributed by atoms with Crippen molar-refractivity contribution in [2.24, 2.45) is 0 Å². The SMILES string of the molecule is Cc1csc(Sc2ccc(C(=O)NC(c3ccccc3)c3n[nH]c(C)n3)cc2[N+](=O)[O-])n1. The highest BCUT2D eigenvalue weighted by atomic mass is 32.2. The number of carbonyl (C=O) groups excluding carboxylic acids is 1. The van der Waals surface area contributed by atoms with Crippen LogP contribution < -0.4 is 5.32 Å². The number of nitro benzene ring substituents is 1. The van der Waals surface area contributed by atoms with Crippen LogP contribution >= 0.6 is 23.1 Å². The van der Waals surface area contributed by atoms with Crippen LogP contribution in [-0.2, 0) is 0 Å². The summed E-state index contributed by atoms with van der Waals surface area (Å²) in [4.78, 5) is 33.3. The molecule has 2 heterocycles. The molecule has 1 unspecified atom stereocenters. The number of nitrogens with zero attached hydrogens (tertiary/aromatic N) is 4. The van der Waals surface area contributed by atoms with E-state index in [9.17, 15) is 14.9 Å². The predicted octanol–water partition coefficient (Wildman–Crippen LogP) is 4.46. The molecule has 0 saturated heterocycles. The van der Waals surface area contributed by atoms with Gasteiger partial charge in [-0.2, -0.15) is 5.10 Å². The molecule has 11 heteroatoms. The van der Waals surface area contributed by atoms with Crippen molar-refractivity contribution in [2.75, 3.05) is 0 Å². The third-order valence-electron chi connectivity index (χ3n) is 4.49. The lowest BCUT2D eigenvalue weighted by atomic mass is 10.1. The Labute approximate surface area is 191 Å². The van der Waals surface area contributed by atoms with Crippen LogP contribution in [0.2, 0.25) is 0 Å². The number of carbonyl (C=O) groups is 1. The van der Waals surface area contributed by atoms with Gasteiger partial charge in [0.2, 0.25) is 0 Å². The fourth-order valence-electron chi connectivity index (χ4n) is 3.01. The number of rotatable bonds is 7. The van der Waals surface area contributed by atoms with Crippen molar-refractivity contribution >= 4 is 34.7 Å². The molecule has 162 valence electrons. The number of aromatic amines is 1. The normalized spacial score (nSPS) is 11.8. The monoisotopic (exact) mass is 466 g/mol. The highest BCUT2D eigenvalue weighted by Crippen LogP contribution is 2.37. The van der Waals surface area contributed by atoms with E-state index in [1.165, 1.54) is 29.2 Å². The van der Waals surface area contributed by atoms with Gasteiger partial charge in [0.1, 0.15) is 11.9 Å². The van der Waals surface area contributed by atoms with Crippen molar-refractivity contribution in [2.45, 2.75) is 29.1 Å².